The Labute approximate surface area is 166 Å². The van der Waals surface area contributed by atoms with Crippen LogP contribution in [-0.2, 0) is 6.42 Å². The van der Waals surface area contributed by atoms with Gasteiger partial charge < -0.3 is 19.7 Å². The number of rotatable bonds is 8. The highest BCUT2D eigenvalue weighted by Gasteiger charge is 2.08. The third-order valence-electron chi connectivity index (χ3n) is 4.45. The monoisotopic (exact) mass is 378 g/mol. The predicted molar refractivity (Wildman–Crippen MR) is 114 cm³/mol. The van der Waals surface area contributed by atoms with Crippen LogP contribution in [0.1, 0.15) is 5.56 Å². The maximum atomic E-state index is 5.28. The molecule has 6 heteroatoms. The molecule has 0 amide bonds. The molecule has 3 aromatic rings. The average Bonchev–Trinajstić information content (AvgIpc) is 2.74. The minimum absolute atomic E-state index is 0.348. The zero-order valence-corrected chi connectivity index (χ0v) is 16.8. The largest absolute Gasteiger partial charge is 0.497 e. The summed E-state index contributed by atoms with van der Waals surface area (Å²) in [5, 5.41) is 3.37. The summed E-state index contributed by atoms with van der Waals surface area (Å²) in [7, 11) is 7.29. The molecular formula is C22H26N4O2. The van der Waals surface area contributed by atoms with Gasteiger partial charge in [0.1, 0.15) is 11.6 Å². The van der Waals surface area contributed by atoms with E-state index in [-0.39, 0.29) is 0 Å². The molecule has 1 N–H and O–H groups in total. The summed E-state index contributed by atoms with van der Waals surface area (Å²) in [5.74, 6) is 1.61. The van der Waals surface area contributed by atoms with Crippen molar-refractivity contribution in [2.45, 2.75) is 6.42 Å². The molecule has 0 unspecified atom stereocenters. The topological polar surface area (TPSA) is 59.5 Å². The molecule has 6 nitrogen and oxygen atoms in total. The van der Waals surface area contributed by atoms with Crippen molar-refractivity contribution in [2.75, 3.05) is 45.1 Å². The first-order valence-corrected chi connectivity index (χ1v) is 9.16. The fourth-order valence-corrected chi connectivity index (χ4v) is 2.81. The lowest BCUT2D eigenvalue weighted by molar-refractivity contribution is 0.381. The van der Waals surface area contributed by atoms with Crippen LogP contribution >= 0.6 is 0 Å². The first-order valence-electron chi connectivity index (χ1n) is 9.16. The molecule has 0 saturated carbocycles. The van der Waals surface area contributed by atoms with E-state index in [9.17, 15) is 0 Å². The third-order valence-corrected chi connectivity index (χ3v) is 4.45. The number of anilines is 2. The number of nitrogens with zero attached hydrogens (tertiary/aromatic N) is 3. The highest BCUT2D eigenvalue weighted by atomic mass is 16.5. The van der Waals surface area contributed by atoms with E-state index in [1.807, 2.05) is 32.3 Å². The lowest BCUT2D eigenvalue weighted by Crippen LogP contribution is -2.08. The van der Waals surface area contributed by atoms with Crippen molar-refractivity contribution < 1.29 is 9.47 Å². The lowest BCUT2D eigenvalue weighted by atomic mass is 10.1. The number of hydrogen-bond donors (Lipinski definition) is 1. The van der Waals surface area contributed by atoms with Gasteiger partial charge in [-0.15, -0.1) is 0 Å². The van der Waals surface area contributed by atoms with Gasteiger partial charge in [0, 0.05) is 38.0 Å². The smallest absolute Gasteiger partial charge is 0.318 e. The van der Waals surface area contributed by atoms with Crippen molar-refractivity contribution >= 4 is 11.5 Å². The third kappa shape index (κ3) is 4.91. The molecule has 0 aliphatic carbocycles. The van der Waals surface area contributed by atoms with Crippen LogP contribution in [0.25, 0.3) is 11.3 Å². The van der Waals surface area contributed by atoms with Crippen molar-refractivity contribution in [3.63, 3.8) is 0 Å². The molecule has 3 rings (SSSR count). The van der Waals surface area contributed by atoms with E-state index >= 15 is 0 Å². The van der Waals surface area contributed by atoms with E-state index in [0.29, 0.717) is 6.01 Å². The van der Waals surface area contributed by atoms with E-state index in [1.54, 1.807) is 14.2 Å². The molecule has 1 aromatic heterocycles. The van der Waals surface area contributed by atoms with E-state index < -0.39 is 0 Å². The van der Waals surface area contributed by atoms with Gasteiger partial charge in [0.15, 0.2) is 0 Å². The zero-order chi connectivity index (χ0) is 19.9. The minimum atomic E-state index is 0.348. The van der Waals surface area contributed by atoms with E-state index in [4.69, 9.17) is 9.47 Å². The molecule has 28 heavy (non-hydrogen) atoms. The summed E-state index contributed by atoms with van der Waals surface area (Å²) in [6, 6.07) is 18.6. The van der Waals surface area contributed by atoms with Gasteiger partial charge >= 0.3 is 6.01 Å². The molecule has 1 heterocycles. The number of aromatic nitrogens is 2. The molecule has 0 spiro atoms. The Balaban J connectivity index is 1.71. The summed E-state index contributed by atoms with van der Waals surface area (Å²) < 4.78 is 10.5. The van der Waals surface area contributed by atoms with Crippen LogP contribution in [0.2, 0.25) is 0 Å². The van der Waals surface area contributed by atoms with Crippen LogP contribution in [0.3, 0.4) is 0 Å². The van der Waals surface area contributed by atoms with E-state index in [2.05, 4.69) is 56.6 Å². The van der Waals surface area contributed by atoms with Crippen molar-refractivity contribution in [3.05, 3.63) is 60.2 Å². The molecule has 0 fully saturated rings. The van der Waals surface area contributed by atoms with Crippen molar-refractivity contribution in [1.29, 1.82) is 0 Å². The number of benzene rings is 2. The quantitative estimate of drug-likeness (QED) is 0.642. The summed E-state index contributed by atoms with van der Waals surface area (Å²) in [5.41, 5.74) is 4.21. The first-order chi connectivity index (χ1) is 13.6. The molecular weight excluding hydrogens is 352 g/mol. The van der Waals surface area contributed by atoms with Gasteiger partial charge in [-0.05, 0) is 36.2 Å². The van der Waals surface area contributed by atoms with E-state index in [1.165, 1.54) is 5.56 Å². The molecule has 0 aliphatic heterocycles. The summed E-state index contributed by atoms with van der Waals surface area (Å²) in [6.45, 7) is 0.755. The highest BCUT2D eigenvalue weighted by Crippen LogP contribution is 2.24. The maximum Gasteiger partial charge on any atom is 0.318 e. The lowest BCUT2D eigenvalue weighted by Gasteiger charge is -2.13. The second kappa shape index (κ2) is 9.08. The molecule has 0 saturated heterocycles. The van der Waals surface area contributed by atoms with Gasteiger partial charge in [-0.25, -0.2) is 0 Å². The Bertz CT molecular complexity index is 893. The number of methoxy groups -OCH3 is 2. The average molecular weight is 378 g/mol. The fraction of sp³-hybridized carbons (Fsp3) is 0.273. The van der Waals surface area contributed by atoms with Crippen molar-refractivity contribution in [3.8, 4) is 23.0 Å². The zero-order valence-electron chi connectivity index (χ0n) is 16.8. The molecule has 0 atom stereocenters. The number of ether oxygens (including phenoxy) is 2. The molecule has 2 aromatic carbocycles. The van der Waals surface area contributed by atoms with Gasteiger partial charge in [-0.1, -0.05) is 24.3 Å². The van der Waals surface area contributed by atoms with Crippen LogP contribution in [0.4, 0.5) is 11.5 Å². The van der Waals surface area contributed by atoms with Crippen LogP contribution in [0.15, 0.2) is 54.6 Å². The Hall–Kier alpha value is -3.28. The SMILES string of the molecule is COc1ccc(CCNc2cc(-c3ccc(N(C)C)cc3)nc(OC)n2)cc1. The standard InChI is InChI=1S/C22H26N4O2/c1-26(2)18-9-7-17(8-10-18)20-15-21(25-22(24-20)28-4)23-14-13-16-5-11-19(27-3)12-6-16/h5-12,15H,13-14H2,1-4H3,(H,23,24,25). The Morgan fingerprint density at radius 1 is 0.893 bits per heavy atom. The van der Waals surface area contributed by atoms with Gasteiger partial charge in [0.2, 0.25) is 0 Å². The van der Waals surface area contributed by atoms with Gasteiger partial charge in [-0.2, -0.15) is 9.97 Å². The second-order valence-corrected chi connectivity index (χ2v) is 6.59. The van der Waals surface area contributed by atoms with Gasteiger partial charge in [0.05, 0.1) is 19.9 Å². The molecule has 0 radical (unpaired) electrons. The highest BCUT2D eigenvalue weighted by molar-refractivity contribution is 5.65. The van der Waals surface area contributed by atoms with E-state index in [0.717, 1.165) is 41.5 Å². The minimum Gasteiger partial charge on any atom is -0.497 e. The molecule has 146 valence electrons. The fourth-order valence-electron chi connectivity index (χ4n) is 2.81. The van der Waals surface area contributed by atoms with Gasteiger partial charge in [-0.3, -0.25) is 0 Å². The summed E-state index contributed by atoms with van der Waals surface area (Å²) in [6.07, 6.45) is 0.878. The van der Waals surface area contributed by atoms with Crippen molar-refractivity contribution in [2.24, 2.45) is 0 Å². The van der Waals surface area contributed by atoms with Crippen LogP contribution < -0.4 is 19.7 Å². The number of hydrogen-bond acceptors (Lipinski definition) is 6. The maximum absolute atomic E-state index is 5.28. The summed E-state index contributed by atoms with van der Waals surface area (Å²) >= 11 is 0. The van der Waals surface area contributed by atoms with Crippen LogP contribution in [0, 0.1) is 0 Å². The Morgan fingerprint density at radius 2 is 1.61 bits per heavy atom. The van der Waals surface area contributed by atoms with Crippen LogP contribution in [0.5, 0.6) is 11.8 Å². The summed E-state index contributed by atoms with van der Waals surface area (Å²) in [4.78, 5) is 11.0. The van der Waals surface area contributed by atoms with Crippen LogP contribution in [-0.4, -0.2) is 44.8 Å². The normalized spacial score (nSPS) is 10.4. The first kappa shape index (κ1) is 19.5. The second-order valence-electron chi connectivity index (χ2n) is 6.59. The molecule has 0 bridgehead atoms. The molecule has 0 aliphatic rings. The van der Waals surface area contributed by atoms with Gasteiger partial charge in [0.25, 0.3) is 0 Å². The van der Waals surface area contributed by atoms with Crippen molar-refractivity contribution in [1.82, 2.24) is 9.97 Å². The Morgan fingerprint density at radius 3 is 2.21 bits per heavy atom. The Kier molecular flexibility index (Phi) is 6.32. The number of nitrogens with one attached hydrogen (secondary N) is 1. The predicted octanol–water partition coefficient (Wildman–Crippen LogP) is 3.88.